The average molecular weight is 166 g/mol. The summed E-state index contributed by atoms with van der Waals surface area (Å²) in [7, 11) is 1.05. The molecule has 0 N–H and O–H groups in total. The summed E-state index contributed by atoms with van der Waals surface area (Å²) in [5.74, 6) is -5.20. The largest absolute Gasteiger partial charge is 0.495 e. The van der Waals surface area contributed by atoms with Gasteiger partial charge in [-0.25, -0.2) is 4.39 Å². The molecule has 0 aliphatic rings. The van der Waals surface area contributed by atoms with E-state index >= 15 is 0 Å². The minimum atomic E-state index is -3.36. The zero-order valence-electron chi connectivity index (χ0n) is 6.16. The third kappa shape index (κ3) is 3.11. The zero-order chi connectivity index (χ0) is 9.07. The van der Waals surface area contributed by atoms with Crippen molar-refractivity contribution in [1.82, 2.24) is 0 Å². The monoisotopic (exact) mass is 166 g/mol. The van der Waals surface area contributed by atoms with Crippen LogP contribution in [0.1, 0.15) is 6.42 Å². The molecule has 0 aromatic carbocycles. The van der Waals surface area contributed by atoms with E-state index in [0.717, 1.165) is 7.11 Å². The van der Waals surface area contributed by atoms with Crippen LogP contribution in [-0.2, 0) is 4.74 Å². The number of halogens is 3. The van der Waals surface area contributed by atoms with Gasteiger partial charge in [-0.2, -0.15) is 8.78 Å². The molecule has 0 unspecified atom stereocenters. The molecule has 0 atom stereocenters. The average Bonchev–Trinajstić information content (AvgIpc) is 1.83. The van der Waals surface area contributed by atoms with Crippen LogP contribution in [0.3, 0.4) is 0 Å². The van der Waals surface area contributed by atoms with E-state index in [0.29, 0.717) is 0 Å². The highest BCUT2D eigenvalue weighted by molar-refractivity contribution is 5.04. The smallest absolute Gasteiger partial charge is 0.309 e. The van der Waals surface area contributed by atoms with Crippen molar-refractivity contribution >= 4 is 0 Å². The third-order valence-corrected chi connectivity index (χ3v) is 1.07. The number of hydrogen-bond donors (Lipinski definition) is 0. The normalized spacial score (nSPS) is 10.9. The van der Waals surface area contributed by atoms with Crippen LogP contribution in [0, 0.1) is 0 Å². The van der Waals surface area contributed by atoms with Gasteiger partial charge in [-0.15, -0.1) is 0 Å². The van der Waals surface area contributed by atoms with Gasteiger partial charge in [0, 0.05) is 0 Å². The molecule has 11 heavy (non-hydrogen) atoms. The molecule has 0 aromatic rings. The van der Waals surface area contributed by atoms with Crippen LogP contribution >= 0.6 is 0 Å². The van der Waals surface area contributed by atoms with E-state index in [2.05, 4.69) is 17.9 Å². The van der Waals surface area contributed by atoms with Gasteiger partial charge in [0.15, 0.2) is 5.76 Å². The van der Waals surface area contributed by atoms with Gasteiger partial charge in [-0.3, -0.25) is 0 Å². The Hall–Kier alpha value is -0.930. The summed E-state index contributed by atoms with van der Waals surface area (Å²) >= 11 is 0. The number of rotatable bonds is 4. The van der Waals surface area contributed by atoms with Gasteiger partial charge in [-0.1, -0.05) is 13.2 Å². The van der Waals surface area contributed by atoms with Crippen molar-refractivity contribution in [2.75, 3.05) is 7.11 Å². The minimum absolute atomic E-state index is 0.753. The molecule has 1 nitrogen and oxygen atoms in total. The van der Waals surface area contributed by atoms with E-state index in [4.69, 9.17) is 0 Å². The lowest BCUT2D eigenvalue weighted by atomic mass is 10.2. The van der Waals surface area contributed by atoms with Crippen molar-refractivity contribution < 1.29 is 17.9 Å². The van der Waals surface area contributed by atoms with Gasteiger partial charge in [0.1, 0.15) is 0 Å². The van der Waals surface area contributed by atoms with E-state index < -0.39 is 23.9 Å². The summed E-state index contributed by atoms with van der Waals surface area (Å²) < 4.78 is 41.2. The maximum absolute atomic E-state index is 12.5. The van der Waals surface area contributed by atoms with Crippen molar-refractivity contribution in [3.63, 3.8) is 0 Å². The van der Waals surface area contributed by atoms with Gasteiger partial charge in [0.2, 0.25) is 0 Å². The first-order valence-corrected chi connectivity index (χ1v) is 2.84. The summed E-state index contributed by atoms with van der Waals surface area (Å²) in [5.41, 5.74) is 0. The molecule has 0 fully saturated rings. The molecule has 0 amide bonds. The first-order chi connectivity index (χ1) is 4.90. The third-order valence-electron chi connectivity index (χ3n) is 1.07. The van der Waals surface area contributed by atoms with Crippen molar-refractivity contribution in [2.45, 2.75) is 12.3 Å². The molecule has 0 saturated heterocycles. The van der Waals surface area contributed by atoms with Gasteiger partial charge in [0.25, 0.3) is 0 Å². The van der Waals surface area contributed by atoms with Gasteiger partial charge in [0.05, 0.1) is 19.4 Å². The molecular formula is C7H9F3O. The predicted molar refractivity (Wildman–Crippen MR) is 36.0 cm³/mol. The Balaban J connectivity index is 4.21. The molecular weight excluding hydrogens is 157 g/mol. The Morgan fingerprint density at radius 2 is 1.91 bits per heavy atom. The lowest BCUT2D eigenvalue weighted by molar-refractivity contribution is -0.0135. The number of methoxy groups -OCH3 is 1. The molecule has 0 radical (unpaired) electrons. The van der Waals surface area contributed by atoms with Crippen LogP contribution in [0.4, 0.5) is 13.2 Å². The first kappa shape index (κ1) is 10.1. The highest BCUT2D eigenvalue weighted by atomic mass is 19.3. The van der Waals surface area contributed by atoms with Crippen LogP contribution < -0.4 is 0 Å². The molecule has 64 valence electrons. The molecule has 4 heteroatoms. The second kappa shape index (κ2) is 3.46. The van der Waals surface area contributed by atoms with Gasteiger partial charge >= 0.3 is 5.92 Å². The van der Waals surface area contributed by atoms with Crippen LogP contribution in [0.25, 0.3) is 0 Å². The topological polar surface area (TPSA) is 9.23 Å². The number of allylic oxidation sites excluding steroid dienone is 2. The van der Waals surface area contributed by atoms with Crippen molar-refractivity contribution in [3.8, 4) is 0 Å². The van der Waals surface area contributed by atoms with E-state index in [1.807, 2.05) is 0 Å². The second-order valence-electron chi connectivity index (χ2n) is 2.03. The van der Waals surface area contributed by atoms with Crippen molar-refractivity contribution in [1.29, 1.82) is 0 Å². The lowest BCUT2D eigenvalue weighted by Crippen LogP contribution is -2.19. The summed E-state index contributed by atoms with van der Waals surface area (Å²) in [5, 5.41) is 0. The Bertz CT molecular complexity index is 175. The van der Waals surface area contributed by atoms with E-state index in [9.17, 15) is 13.2 Å². The predicted octanol–water partition coefficient (Wildman–Crippen LogP) is 2.66. The fraction of sp³-hybridized carbons (Fsp3) is 0.429. The van der Waals surface area contributed by atoms with Crippen LogP contribution in [0.15, 0.2) is 24.7 Å². The molecule has 0 saturated carbocycles. The van der Waals surface area contributed by atoms with Crippen LogP contribution in [0.2, 0.25) is 0 Å². The number of hydrogen-bond acceptors (Lipinski definition) is 1. The quantitative estimate of drug-likeness (QED) is 0.583. The Morgan fingerprint density at radius 1 is 1.45 bits per heavy atom. The van der Waals surface area contributed by atoms with E-state index in [1.54, 1.807) is 0 Å². The summed E-state index contributed by atoms with van der Waals surface area (Å²) in [6, 6.07) is 0. The Morgan fingerprint density at radius 3 is 2.18 bits per heavy atom. The fourth-order valence-corrected chi connectivity index (χ4v) is 0.489. The highest BCUT2D eigenvalue weighted by Crippen LogP contribution is 2.30. The van der Waals surface area contributed by atoms with Crippen LogP contribution in [-0.4, -0.2) is 13.0 Å². The molecule has 0 spiro atoms. The highest BCUT2D eigenvalue weighted by Gasteiger charge is 2.35. The Labute approximate surface area is 63.2 Å². The molecule has 0 rings (SSSR count). The van der Waals surface area contributed by atoms with Gasteiger partial charge in [-0.05, 0) is 0 Å². The SMILES string of the molecule is C=C(F)CC(F)(F)C(=C)OC. The molecule has 0 heterocycles. The lowest BCUT2D eigenvalue weighted by Gasteiger charge is -2.15. The van der Waals surface area contributed by atoms with E-state index in [1.165, 1.54) is 0 Å². The fourth-order valence-electron chi connectivity index (χ4n) is 0.489. The number of ether oxygens (including phenoxy) is 1. The summed E-state index contributed by atoms with van der Waals surface area (Å²) in [4.78, 5) is 0. The molecule has 0 aliphatic heterocycles. The minimum Gasteiger partial charge on any atom is -0.495 e. The van der Waals surface area contributed by atoms with Crippen LogP contribution in [0.5, 0.6) is 0 Å². The maximum Gasteiger partial charge on any atom is 0.309 e. The molecule has 0 aliphatic carbocycles. The maximum atomic E-state index is 12.5. The summed E-state index contributed by atoms with van der Waals surface area (Å²) in [6.07, 6.45) is -1.07. The second-order valence-corrected chi connectivity index (χ2v) is 2.03. The summed E-state index contributed by atoms with van der Waals surface area (Å²) in [6.45, 7) is 5.63. The van der Waals surface area contributed by atoms with Gasteiger partial charge < -0.3 is 4.74 Å². The van der Waals surface area contributed by atoms with Crippen molar-refractivity contribution in [2.24, 2.45) is 0 Å². The molecule has 0 aromatic heterocycles. The van der Waals surface area contributed by atoms with E-state index in [-0.39, 0.29) is 0 Å². The Kier molecular flexibility index (Phi) is 3.17. The zero-order valence-corrected chi connectivity index (χ0v) is 6.16. The van der Waals surface area contributed by atoms with Crippen molar-refractivity contribution in [3.05, 3.63) is 24.7 Å². The number of alkyl halides is 2. The first-order valence-electron chi connectivity index (χ1n) is 2.84. The standard InChI is InChI=1S/C7H9F3O/c1-5(8)4-7(9,10)6(2)11-3/h1-2,4H2,3H3. The molecule has 0 bridgehead atoms.